The summed E-state index contributed by atoms with van der Waals surface area (Å²) in [6, 6.07) is 7.01. The molecule has 0 radical (unpaired) electrons. The van der Waals surface area contributed by atoms with Gasteiger partial charge in [-0.25, -0.2) is 4.79 Å². The summed E-state index contributed by atoms with van der Waals surface area (Å²) in [5.74, 6) is -3.21. The molecule has 0 aliphatic heterocycles. The molecule has 1 aromatic carbocycles. The Morgan fingerprint density at radius 2 is 1.76 bits per heavy atom. The standard InChI is InChI=1S/C11H9F3O3/c1-17-10(16)8(9(15)11(12,13)14)7-5-3-2-4-6-7/h2-6,15H,1H3/b9-8+. The molecule has 0 aromatic heterocycles. The highest BCUT2D eigenvalue weighted by atomic mass is 19.4. The van der Waals surface area contributed by atoms with E-state index >= 15 is 0 Å². The SMILES string of the molecule is COC(=O)/C(=C(/O)C(F)(F)F)c1ccccc1. The van der Waals surface area contributed by atoms with Crippen LogP contribution >= 0.6 is 0 Å². The maximum atomic E-state index is 12.4. The van der Waals surface area contributed by atoms with E-state index in [2.05, 4.69) is 4.74 Å². The summed E-state index contributed by atoms with van der Waals surface area (Å²) in [6.45, 7) is 0. The van der Waals surface area contributed by atoms with Crippen LogP contribution in [0.1, 0.15) is 5.56 Å². The van der Waals surface area contributed by atoms with Crippen molar-refractivity contribution in [3.8, 4) is 0 Å². The number of ether oxygens (including phenoxy) is 1. The lowest BCUT2D eigenvalue weighted by Gasteiger charge is -2.11. The Hall–Kier alpha value is -1.98. The fourth-order valence-electron chi connectivity index (χ4n) is 1.20. The summed E-state index contributed by atoms with van der Waals surface area (Å²) >= 11 is 0. The molecule has 0 aliphatic carbocycles. The number of methoxy groups -OCH3 is 1. The lowest BCUT2D eigenvalue weighted by Crippen LogP contribution is -2.18. The first-order valence-corrected chi connectivity index (χ1v) is 4.52. The van der Waals surface area contributed by atoms with E-state index < -0.39 is 23.5 Å². The van der Waals surface area contributed by atoms with Crippen molar-refractivity contribution < 1.29 is 27.8 Å². The zero-order chi connectivity index (χ0) is 13.1. The number of allylic oxidation sites excluding steroid dienone is 1. The van der Waals surface area contributed by atoms with Gasteiger partial charge in [0.05, 0.1) is 7.11 Å². The summed E-state index contributed by atoms with van der Waals surface area (Å²) in [4.78, 5) is 11.3. The van der Waals surface area contributed by atoms with E-state index in [-0.39, 0.29) is 5.56 Å². The maximum Gasteiger partial charge on any atom is 0.449 e. The van der Waals surface area contributed by atoms with Crippen LogP contribution in [0.3, 0.4) is 0 Å². The van der Waals surface area contributed by atoms with E-state index in [1.54, 1.807) is 6.07 Å². The van der Waals surface area contributed by atoms with E-state index in [4.69, 9.17) is 5.11 Å². The molecule has 0 spiro atoms. The van der Waals surface area contributed by atoms with Crippen LogP contribution in [0.25, 0.3) is 5.57 Å². The van der Waals surface area contributed by atoms with Gasteiger partial charge in [0.15, 0.2) is 0 Å². The van der Waals surface area contributed by atoms with Gasteiger partial charge in [-0.05, 0) is 5.56 Å². The van der Waals surface area contributed by atoms with Gasteiger partial charge in [-0.2, -0.15) is 13.2 Å². The molecular formula is C11H9F3O3. The van der Waals surface area contributed by atoms with Crippen molar-refractivity contribution >= 4 is 11.5 Å². The fourth-order valence-corrected chi connectivity index (χ4v) is 1.20. The number of esters is 1. The molecule has 17 heavy (non-hydrogen) atoms. The largest absolute Gasteiger partial charge is 0.504 e. The number of hydrogen-bond acceptors (Lipinski definition) is 3. The second-order valence-corrected chi connectivity index (χ2v) is 3.08. The predicted octanol–water partition coefficient (Wildman–Crippen LogP) is 2.69. The molecule has 0 saturated heterocycles. The van der Waals surface area contributed by atoms with Crippen LogP contribution in [-0.2, 0) is 9.53 Å². The fraction of sp³-hybridized carbons (Fsp3) is 0.182. The van der Waals surface area contributed by atoms with Gasteiger partial charge in [0.2, 0.25) is 5.76 Å². The average Bonchev–Trinajstić information content (AvgIpc) is 2.29. The number of carbonyl (C=O) groups is 1. The zero-order valence-corrected chi connectivity index (χ0v) is 8.78. The topological polar surface area (TPSA) is 46.5 Å². The minimum Gasteiger partial charge on any atom is -0.504 e. The lowest BCUT2D eigenvalue weighted by molar-refractivity contribution is -0.137. The highest BCUT2D eigenvalue weighted by Crippen LogP contribution is 2.31. The monoisotopic (exact) mass is 246 g/mol. The van der Waals surface area contributed by atoms with Crippen molar-refractivity contribution in [1.29, 1.82) is 0 Å². The van der Waals surface area contributed by atoms with Gasteiger partial charge >= 0.3 is 12.1 Å². The van der Waals surface area contributed by atoms with Crippen LogP contribution in [0, 0.1) is 0 Å². The van der Waals surface area contributed by atoms with E-state index in [0.29, 0.717) is 0 Å². The number of alkyl halides is 3. The van der Waals surface area contributed by atoms with Crippen LogP contribution in [0.15, 0.2) is 36.1 Å². The first-order valence-electron chi connectivity index (χ1n) is 4.52. The van der Waals surface area contributed by atoms with Gasteiger partial charge in [-0.1, -0.05) is 30.3 Å². The number of carbonyl (C=O) groups excluding carboxylic acids is 1. The van der Waals surface area contributed by atoms with Gasteiger partial charge < -0.3 is 9.84 Å². The highest BCUT2D eigenvalue weighted by molar-refractivity contribution is 6.17. The van der Waals surface area contributed by atoms with Crippen molar-refractivity contribution in [2.75, 3.05) is 7.11 Å². The summed E-state index contributed by atoms with van der Waals surface area (Å²) in [5, 5.41) is 9.05. The van der Waals surface area contributed by atoms with Gasteiger partial charge in [-0.3, -0.25) is 0 Å². The second-order valence-electron chi connectivity index (χ2n) is 3.08. The van der Waals surface area contributed by atoms with Gasteiger partial charge in [0, 0.05) is 0 Å². The third-order valence-electron chi connectivity index (χ3n) is 1.96. The lowest BCUT2D eigenvalue weighted by atomic mass is 10.0. The number of aliphatic hydroxyl groups is 1. The smallest absolute Gasteiger partial charge is 0.449 e. The number of halogens is 3. The second kappa shape index (κ2) is 4.90. The van der Waals surface area contributed by atoms with Crippen LogP contribution in [0.2, 0.25) is 0 Å². The van der Waals surface area contributed by atoms with Crippen molar-refractivity contribution in [2.45, 2.75) is 6.18 Å². The Balaban J connectivity index is 3.38. The first-order chi connectivity index (χ1) is 7.88. The molecule has 3 nitrogen and oxygen atoms in total. The molecule has 0 fully saturated rings. The summed E-state index contributed by atoms with van der Waals surface area (Å²) in [5.41, 5.74) is -0.963. The first kappa shape index (κ1) is 13.1. The molecule has 1 aromatic rings. The molecule has 0 heterocycles. The Morgan fingerprint density at radius 1 is 1.24 bits per heavy atom. The Morgan fingerprint density at radius 3 is 2.18 bits per heavy atom. The van der Waals surface area contributed by atoms with Crippen LogP contribution in [0.4, 0.5) is 13.2 Å². The Labute approximate surface area is 95.1 Å². The maximum absolute atomic E-state index is 12.4. The Bertz CT molecular complexity index is 435. The van der Waals surface area contributed by atoms with Crippen molar-refractivity contribution in [3.05, 3.63) is 41.7 Å². The number of benzene rings is 1. The number of hydrogen-bond donors (Lipinski definition) is 1. The highest BCUT2D eigenvalue weighted by Gasteiger charge is 2.39. The number of rotatable bonds is 2. The molecule has 6 heteroatoms. The minimum atomic E-state index is -5.00. The summed E-state index contributed by atoms with van der Waals surface area (Å²) in [7, 11) is 0.939. The zero-order valence-electron chi connectivity index (χ0n) is 8.78. The van der Waals surface area contributed by atoms with Gasteiger partial charge in [0.1, 0.15) is 5.57 Å². The molecule has 0 amide bonds. The van der Waals surface area contributed by atoms with Crippen molar-refractivity contribution in [2.24, 2.45) is 0 Å². The van der Waals surface area contributed by atoms with Gasteiger partial charge in [0.25, 0.3) is 0 Å². The summed E-state index contributed by atoms with van der Waals surface area (Å²) < 4.78 is 41.3. The van der Waals surface area contributed by atoms with E-state index in [1.807, 2.05) is 0 Å². The van der Waals surface area contributed by atoms with Crippen molar-refractivity contribution in [1.82, 2.24) is 0 Å². The molecule has 0 atom stereocenters. The quantitative estimate of drug-likeness (QED) is 0.495. The molecule has 1 N–H and O–H groups in total. The molecule has 92 valence electrons. The van der Waals surface area contributed by atoms with E-state index in [0.717, 1.165) is 7.11 Å². The summed E-state index contributed by atoms with van der Waals surface area (Å²) in [6.07, 6.45) is -5.00. The molecule has 0 saturated carbocycles. The third kappa shape index (κ3) is 2.99. The number of aliphatic hydroxyl groups excluding tert-OH is 1. The molecular weight excluding hydrogens is 237 g/mol. The van der Waals surface area contributed by atoms with E-state index in [1.165, 1.54) is 24.3 Å². The normalized spacial score (nSPS) is 12.9. The third-order valence-corrected chi connectivity index (χ3v) is 1.96. The molecule has 0 unspecified atom stereocenters. The molecule has 1 rings (SSSR count). The predicted molar refractivity (Wildman–Crippen MR) is 54.1 cm³/mol. The minimum absolute atomic E-state index is 0.0609. The van der Waals surface area contributed by atoms with Crippen LogP contribution in [-0.4, -0.2) is 24.4 Å². The van der Waals surface area contributed by atoms with E-state index in [9.17, 15) is 18.0 Å². The average molecular weight is 246 g/mol. The molecule has 0 bridgehead atoms. The van der Waals surface area contributed by atoms with Gasteiger partial charge in [-0.15, -0.1) is 0 Å². The van der Waals surface area contributed by atoms with Crippen LogP contribution < -0.4 is 0 Å². The Kier molecular flexibility index (Phi) is 3.77. The van der Waals surface area contributed by atoms with Crippen molar-refractivity contribution in [3.63, 3.8) is 0 Å². The molecule has 0 aliphatic rings. The van der Waals surface area contributed by atoms with Crippen LogP contribution in [0.5, 0.6) is 0 Å².